The number of amides is 1. The lowest BCUT2D eigenvalue weighted by atomic mass is 10.1. The normalized spacial score (nSPS) is 14.8. The molecule has 0 spiro atoms. The highest BCUT2D eigenvalue weighted by atomic mass is 35.5. The van der Waals surface area contributed by atoms with Gasteiger partial charge in [0.1, 0.15) is 0 Å². The molecule has 1 N–H and O–H groups in total. The van der Waals surface area contributed by atoms with E-state index in [0.29, 0.717) is 33.4 Å². The minimum absolute atomic E-state index is 0.00950. The third-order valence-corrected chi connectivity index (χ3v) is 7.07. The molecule has 174 valence electrons. The summed E-state index contributed by atoms with van der Waals surface area (Å²) in [5.74, 6) is -0.196. The van der Waals surface area contributed by atoms with Crippen LogP contribution in [0.25, 0.3) is 0 Å². The Bertz CT molecular complexity index is 1010. The Morgan fingerprint density at radius 1 is 1.09 bits per heavy atom. The second-order valence-corrected chi connectivity index (χ2v) is 10.3. The number of hydrogen-bond acceptors (Lipinski definition) is 5. The third kappa shape index (κ3) is 6.83. The number of nitrogens with zero attached hydrogens (tertiary/aromatic N) is 2. The lowest BCUT2D eigenvalue weighted by molar-refractivity contribution is 0.0374. The molecule has 0 atom stereocenters. The topological polar surface area (TPSA) is 79.0 Å². The average molecular weight is 500 g/mol. The molecule has 1 aliphatic rings. The maximum Gasteiger partial charge on any atom is 0.251 e. The van der Waals surface area contributed by atoms with Crippen LogP contribution in [-0.2, 0) is 21.3 Å². The number of ether oxygens (including phenoxy) is 1. The van der Waals surface area contributed by atoms with Gasteiger partial charge in [-0.25, -0.2) is 8.42 Å². The van der Waals surface area contributed by atoms with Crippen molar-refractivity contribution < 1.29 is 17.9 Å². The molecule has 10 heteroatoms. The zero-order valence-corrected chi connectivity index (χ0v) is 20.2. The number of carbonyl (C=O) groups excluding carboxylic acids is 1. The number of hydrogen-bond donors (Lipinski definition) is 1. The van der Waals surface area contributed by atoms with E-state index in [1.165, 1.54) is 4.31 Å². The molecular formula is C22H27Cl2N3O4S. The zero-order valence-electron chi connectivity index (χ0n) is 17.9. The fourth-order valence-electron chi connectivity index (χ4n) is 3.44. The van der Waals surface area contributed by atoms with E-state index in [1.807, 2.05) is 0 Å². The smallest absolute Gasteiger partial charge is 0.251 e. The van der Waals surface area contributed by atoms with E-state index < -0.39 is 10.0 Å². The summed E-state index contributed by atoms with van der Waals surface area (Å²) in [5.41, 5.74) is 1.40. The van der Waals surface area contributed by atoms with Crippen molar-refractivity contribution in [3.05, 3.63) is 63.6 Å². The first-order valence-electron chi connectivity index (χ1n) is 10.3. The summed E-state index contributed by atoms with van der Waals surface area (Å²) in [4.78, 5) is 14.8. The standard InChI is InChI=1S/C22H27Cl2N3O4S/c1-32(29,30)27(16-19-20(23)4-2-5-21(19)24)18-8-6-17(7-9-18)22(28)25-10-3-11-26-12-14-31-15-13-26/h2,4-9H,3,10-16H2,1H3,(H,25,28). The van der Waals surface area contributed by atoms with Crippen LogP contribution in [0.15, 0.2) is 42.5 Å². The number of anilines is 1. The Kier molecular flexibility index (Phi) is 8.79. The third-order valence-electron chi connectivity index (χ3n) is 5.22. The van der Waals surface area contributed by atoms with Crippen molar-refractivity contribution >= 4 is 44.8 Å². The number of morpholine rings is 1. The Labute approximate surface area is 199 Å². The molecule has 1 aliphatic heterocycles. The summed E-state index contributed by atoms with van der Waals surface area (Å²) in [6, 6.07) is 11.5. The highest BCUT2D eigenvalue weighted by Crippen LogP contribution is 2.29. The molecule has 0 unspecified atom stereocenters. The van der Waals surface area contributed by atoms with Gasteiger partial charge >= 0.3 is 0 Å². The van der Waals surface area contributed by atoms with Crippen LogP contribution in [0.2, 0.25) is 10.0 Å². The van der Waals surface area contributed by atoms with Gasteiger partial charge in [-0.05, 0) is 49.4 Å². The number of rotatable bonds is 9. The number of nitrogens with one attached hydrogen (secondary N) is 1. The van der Waals surface area contributed by atoms with Gasteiger partial charge in [-0.15, -0.1) is 0 Å². The van der Waals surface area contributed by atoms with Gasteiger partial charge in [0.05, 0.1) is 31.7 Å². The van der Waals surface area contributed by atoms with Crippen LogP contribution in [0, 0.1) is 0 Å². The van der Waals surface area contributed by atoms with Crippen LogP contribution in [-0.4, -0.2) is 64.9 Å². The fraction of sp³-hybridized carbons (Fsp3) is 0.409. The van der Waals surface area contributed by atoms with Crippen LogP contribution >= 0.6 is 23.2 Å². The molecule has 0 aliphatic carbocycles. The number of halogens is 2. The van der Waals surface area contributed by atoms with E-state index in [4.69, 9.17) is 27.9 Å². The lowest BCUT2D eigenvalue weighted by Crippen LogP contribution is -2.38. The predicted molar refractivity (Wildman–Crippen MR) is 128 cm³/mol. The summed E-state index contributed by atoms with van der Waals surface area (Å²) < 4.78 is 31.4. The van der Waals surface area contributed by atoms with E-state index in [1.54, 1.807) is 42.5 Å². The first kappa shape index (κ1) is 24.8. The van der Waals surface area contributed by atoms with E-state index in [9.17, 15) is 13.2 Å². The van der Waals surface area contributed by atoms with Gasteiger partial charge in [0, 0.05) is 40.8 Å². The maximum absolute atomic E-state index is 12.4. The van der Waals surface area contributed by atoms with Crippen molar-refractivity contribution in [1.82, 2.24) is 10.2 Å². The zero-order chi connectivity index (χ0) is 23.1. The Morgan fingerprint density at radius 3 is 2.31 bits per heavy atom. The van der Waals surface area contributed by atoms with Crippen LogP contribution in [0.5, 0.6) is 0 Å². The Morgan fingerprint density at radius 2 is 1.72 bits per heavy atom. The van der Waals surface area contributed by atoms with Crippen molar-refractivity contribution in [3.8, 4) is 0 Å². The Hall–Kier alpha value is -1.84. The monoisotopic (exact) mass is 499 g/mol. The number of benzene rings is 2. The number of sulfonamides is 1. The van der Waals surface area contributed by atoms with E-state index in [2.05, 4.69) is 10.2 Å². The van der Waals surface area contributed by atoms with Gasteiger partial charge in [-0.3, -0.25) is 14.0 Å². The van der Waals surface area contributed by atoms with Crippen molar-refractivity contribution in [1.29, 1.82) is 0 Å². The van der Waals surface area contributed by atoms with Crippen LogP contribution in [0.4, 0.5) is 5.69 Å². The van der Waals surface area contributed by atoms with Gasteiger partial charge in [0.2, 0.25) is 10.0 Å². The second kappa shape index (κ2) is 11.3. The summed E-state index contributed by atoms with van der Waals surface area (Å²) in [5, 5.41) is 3.68. The van der Waals surface area contributed by atoms with Gasteiger partial charge in [0.15, 0.2) is 0 Å². The molecule has 1 saturated heterocycles. The molecule has 1 heterocycles. The summed E-state index contributed by atoms with van der Waals surface area (Å²) >= 11 is 12.4. The van der Waals surface area contributed by atoms with Crippen LogP contribution in [0.1, 0.15) is 22.3 Å². The van der Waals surface area contributed by atoms with Gasteiger partial charge in [-0.1, -0.05) is 29.3 Å². The highest BCUT2D eigenvalue weighted by molar-refractivity contribution is 7.92. The molecule has 0 radical (unpaired) electrons. The van der Waals surface area contributed by atoms with E-state index in [0.717, 1.165) is 45.5 Å². The first-order valence-corrected chi connectivity index (χ1v) is 12.9. The first-order chi connectivity index (χ1) is 15.3. The molecule has 2 aromatic carbocycles. The van der Waals surface area contributed by atoms with Crippen LogP contribution < -0.4 is 9.62 Å². The van der Waals surface area contributed by atoms with Gasteiger partial charge < -0.3 is 10.1 Å². The summed E-state index contributed by atoms with van der Waals surface area (Å²) in [7, 11) is -3.61. The minimum Gasteiger partial charge on any atom is -0.379 e. The molecule has 1 amide bonds. The minimum atomic E-state index is -3.61. The van der Waals surface area contributed by atoms with Crippen molar-refractivity contribution in [2.75, 3.05) is 50.0 Å². The number of carbonyl (C=O) groups is 1. The predicted octanol–water partition coefficient (Wildman–Crippen LogP) is 3.41. The molecule has 32 heavy (non-hydrogen) atoms. The average Bonchev–Trinajstić information content (AvgIpc) is 2.76. The maximum atomic E-state index is 12.4. The van der Waals surface area contributed by atoms with Gasteiger partial charge in [0.25, 0.3) is 5.91 Å². The highest BCUT2D eigenvalue weighted by Gasteiger charge is 2.21. The molecule has 7 nitrogen and oxygen atoms in total. The molecular weight excluding hydrogens is 473 g/mol. The fourth-order valence-corrected chi connectivity index (χ4v) is 4.82. The van der Waals surface area contributed by atoms with Crippen molar-refractivity contribution in [2.24, 2.45) is 0 Å². The van der Waals surface area contributed by atoms with Crippen molar-refractivity contribution in [3.63, 3.8) is 0 Å². The quantitative estimate of drug-likeness (QED) is 0.534. The summed E-state index contributed by atoms with van der Waals surface area (Å²) in [6.45, 7) is 4.83. The molecule has 0 saturated carbocycles. The van der Waals surface area contributed by atoms with Crippen molar-refractivity contribution in [2.45, 2.75) is 13.0 Å². The summed E-state index contributed by atoms with van der Waals surface area (Å²) in [6.07, 6.45) is 1.97. The van der Waals surface area contributed by atoms with E-state index >= 15 is 0 Å². The van der Waals surface area contributed by atoms with Crippen LogP contribution in [0.3, 0.4) is 0 Å². The SMILES string of the molecule is CS(=O)(=O)N(Cc1c(Cl)cccc1Cl)c1ccc(C(=O)NCCCN2CCOCC2)cc1. The molecule has 3 rings (SSSR count). The Balaban J connectivity index is 1.62. The molecule has 0 aromatic heterocycles. The molecule has 2 aromatic rings. The van der Waals surface area contributed by atoms with Gasteiger partial charge in [-0.2, -0.15) is 0 Å². The molecule has 0 bridgehead atoms. The lowest BCUT2D eigenvalue weighted by Gasteiger charge is -2.26. The van der Waals surface area contributed by atoms with E-state index in [-0.39, 0.29) is 12.5 Å². The second-order valence-electron chi connectivity index (χ2n) is 7.58. The molecule has 1 fully saturated rings. The largest absolute Gasteiger partial charge is 0.379 e.